The van der Waals surface area contributed by atoms with E-state index in [4.69, 9.17) is 4.74 Å². The zero-order chi connectivity index (χ0) is 20.8. The smallest absolute Gasteiger partial charge is 0.306 e. The Bertz CT molecular complexity index is 1110. The Morgan fingerprint density at radius 2 is 2.07 bits per heavy atom. The SMILES string of the molecule is Cc1cccn2c(=O)cc(COC(=O)CCCNc3ccccc3[N+](=O)[O-])nc12. The number of nitrogens with zero attached hydrogens (tertiary/aromatic N) is 3. The number of hydrogen-bond donors (Lipinski definition) is 1. The second-order valence-electron chi connectivity index (χ2n) is 6.44. The topological polar surface area (TPSA) is 116 Å². The number of nitrogens with one attached hydrogen (secondary N) is 1. The molecule has 0 fully saturated rings. The molecular weight excluding hydrogens is 376 g/mol. The van der Waals surface area contributed by atoms with Crippen LogP contribution in [0, 0.1) is 17.0 Å². The highest BCUT2D eigenvalue weighted by Gasteiger charge is 2.12. The zero-order valence-electron chi connectivity index (χ0n) is 15.8. The first kappa shape index (κ1) is 20.0. The number of nitro benzene ring substituents is 1. The van der Waals surface area contributed by atoms with Crippen molar-refractivity contribution < 1.29 is 14.5 Å². The van der Waals surface area contributed by atoms with Crippen LogP contribution in [-0.4, -0.2) is 26.8 Å². The number of ether oxygens (including phenoxy) is 1. The van der Waals surface area contributed by atoms with Crippen molar-refractivity contribution in [2.24, 2.45) is 0 Å². The van der Waals surface area contributed by atoms with E-state index in [0.717, 1.165) is 5.56 Å². The van der Waals surface area contributed by atoms with Crippen LogP contribution < -0.4 is 10.9 Å². The maximum atomic E-state index is 12.1. The molecule has 29 heavy (non-hydrogen) atoms. The molecule has 0 aliphatic rings. The Hall–Kier alpha value is -3.75. The number of rotatable bonds is 8. The van der Waals surface area contributed by atoms with Gasteiger partial charge < -0.3 is 10.1 Å². The Kier molecular flexibility index (Phi) is 6.18. The van der Waals surface area contributed by atoms with Crippen LogP contribution in [0.25, 0.3) is 5.65 Å². The van der Waals surface area contributed by atoms with Crippen LogP contribution in [0.5, 0.6) is 0 Å². The van der Waals surface area contributed by atoms with E-state index in [1.165, 1.54) is 16.5 Å². The van der Waals surface area contributed by atoms with Crippen molar-refractivity contribution in [2.45, 2.75) is 26.4 Å². The summed E-state index contributed by atoms with van der Waals surface area (Å²) in [6, 6.07) is 11.3. The number of aryl methyl sites for hydroxylation is 1. The van der Waals surface area contributed by atoms with E-state index in [1.807, 2.05) is 13.0 Å². The van der Waals surface area contributed by atoms with Gasteiger partial charge in [0.2, 0.25) is 0 Å². The Labute approximate surface area is 166 Å². The van der Waals surface area contributed by atoms with E-state index in [1.54, 1.807) is 30.5 Å². The van der Waals surface area contributed by atoms with Crippen molar-refractivity contribution >= 4 is 23.0 Å². The van der Waals surface area contributed by atoms with Crippen molar-refractivity contribution in [3.8, 4) is 0 Å². The minimum Gasteiger partial charge on any atom is -0.459 e. The average Bonchev–Trinajstić information content (AvgIpc) is 2.70. The van der Waals surface area contributed by atoms with Crippen molar-refractivity contribution in [3.63, 3.8) is 0 Å². The summed E-state index contributed by atoms with van der Waals surface area (Å²) < 4.78 is 6.64. The predicted molar refractivity (Wildman–Crippen MR) is 107 cm³/mol. The molecule has 3 aromatic rings. The molecule has 0 saturated heterocycles. The van der Waals surface area contributed by atoms with Gasteiger partial charge in [-0.25, -0.2) is 4.98 Å². The lowest BCUT2D eigenvalue weighted by Crippen LogP contribution is -2.17. The first-order valence-corrected chi connectivity index (χ1v) is 9.06. The molecule has 150 valence electrons. The summed E-state index contributed by atoms with van der Waals surface area (Å²) in [5.74, 6) is -0.429. The Balaban J connectivity index is 1.50. The first-order valence-electron chi connectivity index (χ1n) is 9.06. The summed E-state index contributed by atoms with van der Waals surface area (Å²) in [5.41, 5.74) is 1.91. The van der Waals surface area contributed by atoms with Crippen LogP contribution in [-0.2, 0) is 16.1 Å². The molecule has 0 aliphatic heterocycles. The third kappa shape index (κ3) is 4.95. The van der Waals surface area contributed by atoms with Gasteiger partial charge in [-0.2, -0.15) is 0 Å². The zero-order valence-corrected chi connectivity index (χ0v) is 15.8. The Morgan fingerprint density at radius 1 is 1.28 bits per heavy atom. The van der Waals surface area contributed by atoms with Gasteiger partial charge in [-0.3, -0.25) is 24.1 Å². The molecule has 1 N–H and O–H groups in total. The van der Waals surface area contributed by atoms with E-state index < -0.39 is 10.9 Å². The second kappa shape index (κ2) is 8.96. The lowest BCUT2D eigenvalue weighted by atomic mass is 10.2. The molecule has 2 heterocycles. The monoisotopic (exact) mass is 396 g/mol. The number of para-hydroxylation sites is 2. The van der Waals surface area contributed by atoms with Crippen molar-refractivity contribution in [1.29, 1.82) is 0 Å². The van der Waals surface area contributed by atoms with Gasteiger partial charge in [0.1, 0.15) is 17.9 Å². The maximum absolute atomic E-state index is 12.1. The number of aromatic nitrogens is 2. The summed E-state index contributed by atoms with van der Waals surface area (Å²) in [5, 5.41) is 13.9. The van der Waals surface area contributed by atoms with E-state index >= 15 is 0 Å². The molecule has 9 nitrogen and oxygen atoms in total. The number of nitro groups is 1. The fourth-order valence-electron chi connectivity index (χ4n) is 2.85. The molecular formula is C20H20N4O5. The number of esters is 1. The Morgan fingerprint density at radius 3 is 2.86 bits per heavy atom. The highest BCUT2D eigenvalue weighted by Crippen LogP contribution is 2.23. The molecule has 0 spiro atoms. The normalized spacial score (nSPS) is 10.7. The van der Waals surface area contributed by atoms with E-state index in [-0.39, 0.29) is 24.3 Å². The van der Waals surface area contributed by atoms with Crippen molar-refractivity contribution in [1.82, 2.24) is 9.38 Å². The maximum Gasteiger partial charge on any atom is 0.306 e. The molecule has 0 bridgehead atoms. The van der Waals surface area contributed by atoms with Gasteiger partial charge in [-0.1, -0.05) is 18.2 Å². The largest absolute Gasteiger partial charge is 0.459 e. The van der Waals surface area contributed by atoms with Gasteiger partial charge in [0.25, 0.3) is 11.2 Å². The summed E-state index contributed by atoms with van der Waals surface area (Å²) in [6.07, 6.45) is 2.22. The van der Waals surface area contributed by atoms with Gasteiger partial charge in [0.05, 0.1) is 10.6 Å². The van der Waals surface area contributed by atoms with Crippen LogP contribution >= 0.6 is 0 Å². The summed E-state index contributed by atoms with van der Waals surface area (Å²) >= 11 is 0. The van der Waals surface area contributed by atoms with Gasteiger partial charge in [0, 0.05) is 31.3 Å². The molecule has 0 unspecified atom stereocenters. The fraction of sp³-hybridized carbons (Fsp3) is 0.250. The van der Waals surface area contributed by atoms with Gasteiger partial charge in [-0.05, 0) is 31.0 Å². The van der Waals surface area contributed by atoms with Gasteiger partial charge in [-0.15, -0.1) is 0 Å². The van der Waals surface area contributed by atoms with E-state index in [0.29, 0.717) is 30.0 Å². The van der Waals surface area contributed by atoms with Crippen LogP contribution in [0.4, 0.5) is 11.4 Å². The minimum absolute atomic E-state index is 0.0148. The van der Waals surface area contributed by atoms with Crippen LogP contribution in [0.3, 0.4) is 0 Å². The average molecular weight is 396 g/mol. The highest BCUT2D eigenvalue weighted by atomic mass is 16.6. The molecule has 3 rings (SSSR count). The molecule has 9 heteroatoms. The van der Waals surface area contributed by atoms with Crippen molar-refractivity contribution in [2.75, 3.05) is 11.9 Å². The van der Waals surface area contributed by atoms with Gasteiger partial charge >= 0.3 is 5.97 Å². The van der Waals surface area contributed by atoms with Crippen LogP contribution in [0.2, 0.25) is 0 Å². The number of carbonyl (C=O) groups is 1. The standard InChI is InChI=1S/C20H20N4O5/c1-14-6-5-11-23-18(25)12-15(22-20(14)23)13-29-19(26)9-4-10-21-16-7-2-3-8-17(16)24(27)28/h2-3,5-8,11-12,21H,4,9-10,13H2,1H3. The summed E-state index contributed by atoms with van der Waals surface area (Å²) in [6.45, 7) is 2.15. The minimum atomic E-state index is -0.461. The number of pyridine rings is 1. The predicted octanol–water partition coefficient (Wildman–Crippen LogP) is 2.85. The molecule has 0 amide bonds. The number of carbonyl (C=O) groups excluding carboxylic acids is 1. The van der Waals surface area contributed by atoms with Crippen molar-refractivity contribution in [3.05, 3.63) is 80.4 Å². The molecule has 2 aromatic heterocycles. The van der Waals surface area contributed by atoms with E-state index in [2.05, 4.69) is 10.3 Å². The molecule has 0 atom stereocenters. The number of hydrogen-bond acceptors (Lipinski definition) is 7. The third-order valence-electron chi connectivity index (χ3n) is 4.29. The summed E-state index contributed by atoms with van der Waals surface area (Å²) in [4.78, 5) is 39.0. The fourth-order valence-corrected chi connectivity index (χ4v) is 2.85. The molecule has 0 saturated carbocycles. The van der Waals surface area contributed by atoms with E-state index in [9.17, 15) is 19.7 Å². The van der Waals surface area contributed by atoms with Crippen LogP contribution in [0.1, 0.15) is 24.1 Å². The first-order chi connectivity index (χ1) is 14.0. The molecule has 0 aliphatic carbocycles. The summed E-state index contributed by atoms with van der Waals surface area (Å²) in [7, 11) is 0. The molecule has 1 aromatic carbocycles. The van der Waals surface area contributed by atoms with Crippen LogP contribution in [0.15, 0.2) is 53.5 Å². The number of benzene rings is 1. The number of fused-ring (bicyclic) bond motifs is 1. The highest BCUT2D eigenvalue weighted by molar-refractivity contribution is 5.69. The quantitative estimate of drug-likeness (QED) is 0.269. The molecule has 0 radical (unpaired) electrons. The lowest BCUT2D eigenvalue weighted by Gasteiger charge is -2.08. The lowest BCUT2D eigenvalue weighted by molar-refractivity contribution is -0.384. The second-order valence-corrected chi connectivity index (χ2v) is 6.44. The van der Waals surface area contributed by atoms with Gasteiger partial charge in [0.15, 0.2) is 0 Å². The third-order valence-corrected chi connectivity index (χ3v) is 4.29. The number of anilines is 1.